The van der Waals surface area contributed by atoms with E-state index in [1.807, 2.05) is 0 Å². The SMILES string of the molecule is CCN1CCN(C(=O)N[C@@H](C(=O)N[C@H]2C(=O)N3C(C(=O)[O-])=C(CSc4nnnn4C)CS[C@H]23)c2ccc(O)cc2)C(=O)C1=O. The maximum absolute atomic E-state index is 13.5. The lowest BCUT2D eigenvalue weighted by Crippen LogP contribution is -2.71. The first-order valence-electron chi connectivity index (χ1n) is 13.3. The van der Waals surface area contributed by atoms with Crippen molar-refractivity contribution in [3.05, 3.63) is 41.1 Å². The molecule has 3 N–H and O–H groups in total. The van der Waals surface area contributed by atoms with Gasteiger partial charge in [-0.2, -0.15) is 0 Å². The third-order valence-corrected chi connectivity index (χ3v) is 9.62. The molecule has 2 fully saturated rings. The number of carboxylic acid groups (broad SMARTS) is 1. The molecule has 19 heteroatoms. The van der Waals surface area contributed by atoms with Gasteiger partial charge in [-0.05, 0) is 40.6 Å². The lowest BCUT2D eigenvalue weighted by Gasteiger charge is -2.51. The Labute approximate surface area is 258 Å². The molecule has 0 unspecified atom stereocenters. The predicted octanol–water partition coefficient (Wildman–Crippen LogP) is -2.45. The van der Waals surface area contributed by atoms with Gasteiger partial charge in [-0.15, -0.1) is 16.9 Å². The van der Waals surface area contributed by atoms with Gasteiger partial charge < -0.3 is 30.5 Å². The number of benzene rings is 1. The number of phenolic OH excluding ortho intramolecular Hbond substituents is 1. The molecule has 0 spiro atoms. The smallest absolute Gasteiger partial charge is 0.325 e. The van der Waals surface area contributed by atoms with E-state index in [0.717, 1.165) is 4.90 Å². The number of carbonyl (C=O) groups is 6. The molecule has 2 aromatic rings. The van der Waals surface area contributed by atoms with Crippen LogP contribution in [0.5, 0.6) is 5.75 Å². The summed E-state index contributed by atoms with van der Waals surface area (Å²) in [4.78, 5) is 79.9. The van der Waals surface area contributed by atoms with Crippen molar-refractivity contribution in [2.45, 2.75) is 29.5 Å². The Morgan fingerprint density at radius 3 is 2.52 bits per heavy atom. The number of aromatic nitrogens is 4. The molecule has 0 saturated carbocycles. The Balaban J connectivity index is 1.31. The maximum Gasteiger partial charge on any atom is 0.325 e. The van der Waals surface area contributed by atoms with E-state index < -0.39 is 53.1 Å². The molecule has 0 bridgehead atoms. The van der Waals surface area contributed by atoms with Crippen molar-refractivity contribution < 1.29 is 39.0 Å². The third-order valence-electron chi connectivity index (χ3n) is 7.19. The van der Waals surface area contributed by atoms with Crippen molar-refractivity contribution in [2.75, 3.05) is 31.1 Å². The zero-order valence-corrected chi connectivity index (χ0v) is 25.0. The normalized spacial score (nSPS) is 20.7. The lowest BCUT2D eigenvalue weighted by molar-refractivity contribution is -0.301. The minimum Gasteiger partial charge on any atom is -0.543 e. The number of amides is 6. The van der Waals surface area contributed by atoms with Crippen molar-refractivity contribution in [1.29, 1.82) is 0 Å². The molecule has 2 saturated heterocycles. The molecule has 3 aliphatic heterocycles. The number of imide groups is 1. The Bertz CT molecular complexity index is 1560. The highest BCUT2D eigenvalue weighted by molar-refractivity contribution is 8.01. The van der Waals surface area contributed by atoms with E-state index in [9.17, 15) is 39.0 Å². The third kappa shape index (κ3) is 5.79. The summed E-state index contributed by atoms with van der Waals surface area (Å²) in [6, 6.07) is 1.76. The van der Waals surface area contributed by atoms with Gasteiger partial charge in [-0.1, -0.05) is 23.9 Å². The Morgan fingerprint density at radius 2 is 1.89 bits per heavy atom. The van der Waals surface area contributed by atoms with Crippen molar-refractivity contribution in [3.8, 4) is 5.75 Å². The first-order chi connectivity index (χ1) is 21.0. The molecule has 0 radical (unpaired) electrons. The van der Waals surface area contributed by atoms with Crippen molar-refractivity contribution in [3.63, 3.8) is 0 Å². The summed E-state index contributed by atoms with van der Waals surface area (Å²) < 4.78 is 1.42. The molecule has 17 nitrogen and oxygen atoms in total. The predicted molar refractivity (Wildman–Crippen MR) is 150 cm³/mol. The van der Waals surface area contributed by atoms with Gasteiger partial charge >= 0.3 is 17.8 Å². The number of hydrogen-bond donors (Lipinski definition) is 3. The number of hydrogen-bond acceptors (Lipinski definition) is 13. The van der Waals surface area contributed by atoms with Crippen LogP contribution >= 0.6 is 23.5 Å². The van der Waals surface area contributed by atoms with E-state index in [1.165, 1.54) is 57.4 Å². The van der Waals surface area contributed by atoms with E-state index in [-0.39, 0.29) is 41.6 Å². The number of carboxylic acids is 1. The number of piperazine rings is 1. The minimum absolute atomic E-state index is 0.0882. The van der Waals surface area contributed by atoms with Crippen LogP contribution in [0.3, 0.4) is 0 Å². The van der Waals surface area contributed by atoms with Crippen LogP contribution < -0.4 is 15.7 Å². The number of nitrogens with one attached hydrogen (secondary N) is 2. The summed E-state index contributed by atoms with van der Waals surface area (Å²) in [7, 11) is 1.63. The first kappa shape index (κ1) is 30.8. The fourth-order valence-corrected chi connectivity index (χ4v) is 7.19. The standard InChI is InChI=1S/C25H27N9O8S2/c1-3-32-8-9-33(21(39)20(32)38)24(42)27-15(12-4-6-14(35)7-5-12)18(36)26-16-19(37)34-17(23(40)41)13(10-43-22(16)34)11-44-25-28-29-30-31(25)2/h4-7,15-16,22,35H,3,8-11H2,1-2H3,(H,26,36)(H,27,42)(H,40,41)/p-1/t15-,16+,22-/m1/s1. The fourth-order valence-electron chi connectivity index (χ4n) is 4.85. The van der Waals surface area contributed by atoms with Crippen LogP contribution in [0.4, 0.5) is 4.79 Å². The van der Waals surface area contributed by atoms with Crippen LogP contribution in [0.15, 0.2) is 40.7 Å². The number of urea groups is 1. The molecule has 0 aliphatic carbocycles. The van der Waals surface area contributed by atoms with Crippen molar-refractivity contribution in [2.24, 2.45) is 7.05 Å². The number of fused-ring (bicyclic) bond motifs is 1. The summed E-state index contributed by atoms with van der Waals surface area (Å²) >= 11 is 2.43. The molecule has 1 aromatic carbocycles. The van der Waals surface area contributed by atoms with Crippen LogP contribution in [-0.4, -0.2) is 118 Å². The molecule has 232 valence electrons. The number of carbonyl (C=O) groups excluding carboxylic acids is 6. The number of aromatic hydroxyl groups is 1. The summed E-state index contributed by atoms with van der Waals surface area (Å²) in [5.41, 5.74) is 0.353. The van der Waals surface area contributed by atoms with Gasteiger partial charge in [0.25, 0.3) is 5.91 Å². The van der Waals surface area contributed by atoms with Crippen molar-refractivity contribution in [1.82, 2.24) is 45.5 Å². The van der Waals surface area contributed by atoms with Crippen molar-refractivity contribution >= 4 is 59.2 Å². The number of β-lactam (4-membered cyclic amide) rings is 1. The first-order valence-corrected chi connectivity index (χ1v) is 15.3. The van der Waals surface area contributed by atoms with Gasteiger partial charge in [0.05, 0.1) is 11.7 Å². The van der Waals surface area contributed by atoms with E-state index in [2.05, 4.69) is 26.2 Å². The van der Waals surface area contributed by atoms with E-state index in [1.54, 1.807) is 14.0 Å². The van der Waals surface area contributed by atoms with E-state index in [0.29, 0.717) is 22.2 Å². The minimum atomic E-state index is -1.54. The Morgan fingerprint density at radius 1 is 1.16 bits per heavy atom. The van der Waals surface area contributed by atoms with Gasteiger partial charge in [-0.25, -0.2) is 9.48 Å². The zero-order chi connectivity index (χ0) is 31.7. The number of likely N-dealkylation sites (N-methyl/N-ethyl adjacent to an activating group) is 1. The number of thioether (sulfide) groups is 2. The van der Waals surface area contributed by atoms with Gasteiger partial charge in [0.2, 0.25) is 11.1 Å². The summed E-state index contributed by atoms with van der Waals surface area (Å²) in [6.07, 6.45) is 0. The summed E-state index contributed by atoms with van der Waals surface area (Å²) in [5, 5.41) is 37.7. The highest BCUT2D eigenvalue weighted by Gasteiger charge is 2.53. The quantitative estimate of drug-likeness (QED) is 0.147. The molecule has 3 aliphatic rings. The topological polar surface area (TPSA) is 223 Å². The van der Waals surface area contributed by atoms with Gasteiger partial charge in [0, 0.05) is 38.2 Å². The number of aliphatic carboxylic acids is 1. The Kier molecular flexibility index (Phi) is 8.77. The highest BCUT2D eigenvalue weighted by atomic mass is 32.2. The Hall–Kier alpha value is -4.65. The van der Waals surface area contributed by atoms with Crippen LogP contribution in [-0.2, 0) is 31.0 Å². The largest absolute Gasteiger partial charge is 0.543 e. The average molecular weight is 645 g/mol. The van der Waals surface area contributed by atoms with Crippen LogP contribution in [0, 0.1) is 0 Å². The van der Waals surface area contributed by atoms with Gasteiger partial charge in [0.15, 0.2) is 0 Å². The summed E-state index contributed by atoms with van der Waals surface area (Å²) in [5.74, 6) is -4.66. The average Bonchev–Trinajstić information content (AvgIpc) is 3.42. The second-order valence-corrected chi connectivity index (χ2v) is 11.9. The molecule has 5 rings (SSSR count). The maximum atomic E-state index is 13.5. The highest BCUT2D eigenvalue weighted by Crippen LogP contribution is 2.41. The molecule has 3 atom stereocenters. The lowest BCUT2D eigenvalue weighted by atomic mass is 10.0. The monoisotopic (exact) mass is 644 g/mol. The molecular weight excluding hydrogens is 618 g/mol. The number of nitrogens with zero attached hydrogens (tertiary/aromatic N) is 7. The second-order valence-electron chi connectivity index (χ2n) is 9.83. The number of rotatable bonds is 9. The van der Waals surface area contributed by atoms with Gasteiger partial charge in [0.1, 0.15) is 23.2 Å². The zero-order valence-electron chi connectivity index (χ0n) is 23.3. The summed E-state index contributed by atoms with van der Waals surface area (Å²) in [6.45, 7) is 2.02. The molecule has 44 heavy (non-hydrogen) atoms. The number of aryl methyl sites for hydroxylation is 1. The van der Waals surface area contributed by atoms with E-state index in [4.69, 9.17) is 0 Å². The number of phenols is 1. The molecule has 1 aromatic heterocycles. The van der Waals surface area contributed by atoms with Gasteiger partial charge in [-0.3, -0.25) is 29.0 Å². The fraction of sp³-hybridized carbons (Fsp3) is 0.400. The van der Waals surface area contributed by atoms with Crippen LogP contribution in [0.1, 0.15) is 18.5 Å². The molecule has 6 amide bonds. The van der Waals surface area contributed by atoms with Crippen LogP contribution in [0.25, 0.3) is 0 Å². The number of tetrazole rings is 1. The molecule has 4 heterocycles. The van der Waals surface area contributed by atoms with E-state index >= 15 is 0 Å². The molecular formula is C25H26N9O8S2-. The van der Waals surface area contributed by atoms with Crippen LogP contribution in [0.2, 0.25) is 0 Å². The second kappa shape index (κ2) is 12.5.